The molecular formula is C20H20BrN. The molecule has 22 heavy (non-hydrogen) atoms. The van der Waals surface area contributed by atoms with Crippen LogP contribution in [0.4, 0.5) is 5.69 Å². The Bertz CT molecular complexity index is 762. The van der Waals surface area contributed by atoms with Crippen molar-refractivity contribution in [3.8, 4) is 0 Å². The van der Waals surface area contributed by atoms with Crippen LogP contribution >= 0.6 is 15.9 Å². The summed E-state index contributed by atoms with van der Waals surface area (Å²) in [5, 5.41) is 3.86. The van der Waals surface area contributed by atoms with E-state index < -0.39 is 0 Å². The van der Waals surface area contributed by atoms with Crippen LogP contribution < -0.4 is 5.32 Å². The van der Waals surface area contributed by atoms with Crippen LogP contribution in [-0.2, 0) is 0 Å². The van der Waals surface area contributed by atoms with Crippen molar-refractivity contribution in [2.75, 3.05) is 5.32 Å². The summed E-state index contributed by atoms with van der Waals surface area (Å²) in [7, 11) is 0. The fourth-order valence-corrected chi connectivity index (χ4v) is 4.49. The minimum Gasteiger partial charge on any atom is -0.377 e. The van der Waals surface area contributed by atoms with E-state index in [0.29, 0.717) is 17.9 Å². The molecule has 0 spiro atoms. The lowest BCUT2D eigenvalue weighted by molar-refractivity contribution is 0.424. The molecule has 2 aromatic carbocycles. The van der Waals surface area contributed by atoms with Gasteiger partial charge in [-0.15, -0.1) is 0 Å². The first-order chi connectivity index (χ1) is 10.7. The molecule has 1 N–H and O–H groups in total. The van der Waals surface area contributed by atoms with Gasteiger partial charge in [0.1, 0.15) is 0 Å². The largest absolute Gasteiger partial charge is 0.377 e. The zero-order valence-electron chi connectivity index (χ0n) is 12.9. The molecule has 0 saturated carbocycles. The lowest BCUT2D eigenvalue weighted by Gasteiger charge is -2.39. The number of benzene rings is 2. The van der Waals surface area contributed by atoms with E-state index in [-0.39, 0.29) is 0 Å². The van der Waals surface area contributed by atoms with Crippen molar-refractivity contribution in [3.63, 3.8) is 0 Å². The first-order valence-electron chi connectivity index (χ1n) is 7.94. The van der Waals surface area contributed by atoms with Crippen LogP contribution in [0.5, 0.6) is 0 Å². The number of nitrogens with one attached hydrogen (secondary N) is 1. The Morgan fingerprint density at radius 1 is 1.05 bits per heavy atom. The summed E-state index contributed by atoms with van der Waals surface area (Å²) in [5.74, 6) is 1.14. The van der Waals surface area contributed by atoms with E-state index in [4.69, 9.17) is 0 Å². The summed E-state index contributed by atoms with van der Waals surface area (Å²) in [4.78, 5) is 0. The van der Waals surface area contributed by atoms with E-state index in [1.807, 2.05) is 0 Å². The van der Waals surface area contributed by atoms with Gasteiger partial charge in [-0.25, -0.2) is 0 Å². The molecule has 3 atom stereocenters. The predicted molar refractivity (Wildman–Crippen MR) is 96.4 cm³/mol. The quantitative estimate of drug-likeness (QED) is 0.630. The molecule has 0 saturated heterocycles. The maximum absolute atomic E-state index is 3.86. The van der Waals surface area contributed by atoms with Crippen molar-refractivity contribution < 1.29 is 0 Å². The van der Waals surface area contributed by atoms with Gasteiger partial charge in [0.25, 0.3) is 0 Å². The van der Waals surface area contributed by atoms with Gasteiger partial charge in [0.05, 0.1) is 6.04 Å². The van der Waals surface area contributed by atoms with Gasteiger partial charge in [-0.1, -0.05) is 58.4 Å². The summed E-state index contributed by atoms with van der Waals surface area (Å²) < 4.78 is 1.20. The molecule has 4 rings (SSSR count). The molecule has 2 heteroatoms. The topological polar surface area (TPSA) is 12.0 Å². The van der Waals surface area contributed by atoms with Gasteiger partial charge < -0.3 is 5.32 Å². The van der Waals surface area contributed by atoms with Gasteiger partial charge in [0.2, 0.25) is 0 Å². The molecule has 0 radical (unpaired) electrons. The molecule has 0 fully saturated rings. The Kier molecular flexibility index (Phi) is 3.37. The second-order valence-electron chi connectivity index (χ2n) is 6.47. The monoisotopic (exact) mass is 353 g/mol. The van der Waals surface area contributed by atoms with E-state index in [1.165, 1.54) is 32.4 Å². The third-order valence-corrected chi connectivity index (χ3v) is 6.03. The highest BCUT2D eigenvalue weighted by molar-refractivity contribution is 9.10. The average molecular weight is 354 g/mol. The van der Waals surface area contributed by atoms with Gasteiger partial charge in [0.15, 0.2) is 0 Å². The molecule has 2 aromatic rings. The number of hydrogen-bond acceptors (Lipinski definition) is 1. The van der Waals surface area contributed by atoms with Gasteiger partial charge in [-0.05, 0) is 54.5 Å². The second kappa shape index (κ2) is 5.27. The number of fused-ring (bicyclic) bond motifs is 3. The molecule has 0 unspecified atom stereocenters. The van der Waals surface area contributed by atoms with E-state index in [9.17, 15) is 0 Å². The summed E-state index contributed by atoms with van der Waals surface area (Å²) in [6.07, 6.45) is 5.91. The molecule has 1 heterocycles. The zero-order chi connectivity index (χ0) is 15.3. The number of anilines is 1. The minimum absolute atomic E-state index is 0.364. The highest BCUT2D eigenvalue weighted by Crippen LogP contribution is 2.51. The number of halogens is 1. The number of aryl methyl sites for hydroxylation is 1. The molecule has 1 nitrogen and oxygen atoms in total. The maximum atomic E-state index is 3.86. The summed E-state index contributed by atoms with van der Waals surface area (Å²) in [5.41, 5.74) is 6.91. The van der Waals surface area contributed by atoms with Crippen molar-refractivity contribution in [2.45, 2.75) is 32.2 Å². The average Bonchev–Trinajstić information content (AvgIpc) is 3.00. The fourth-order valence-electron chi connectivity index (χ4n) is 3.95. The van der Waals surface area contributed by atoms with Crippen LogP contribution in [0.25, 0.3) is 0 Å². The Hall–Kier alpha value is -1.54. The van der Waals surface area contributed by atoms with Gasteiger partial charge in [-0.3, -0.25) is 0 Å². The van der Waals surface area contributed by atoms with Gasteiger partial charge >= 0.3 is 0 Å². The second-order valence-corrected chi connectivity index (χ2v) is 7.32. The van der Waals surface area contributed by atoms with E-state index in [1.54, 1.807) is 0 Å². The minimum atomic E-state index is 0.364. The number of hydrogen-bond donors (Lipinski definition) is 1. The van der Waals surface area contributed by atoms with Crippen molar-refractivity contribution in [2.24, 2.45) is 5.92 Å². The van der Waals surface area contributed by atoms with Crippen molar-refractivity contribution in [1.82, 2.24) is 0 Å². The van der Waals surface area contributed by atoms with Gasteiger partial charge in [0, 0.05) is 16.1 Å². The summed E-state index contributed by atoms with van der Waals surface area (Å²) in [6.45, 7) is 4.43. The first kappa shape index (κ1) is 14.1. The third-order valence-electron chi connectivity index (χ3n) is 5.31. The van der Waals surface area contributed by atoms with Crippen molar-refractivity contribution in [1.29, 1.82) is 0 Å². The Labute approximate surface area is 140 Å². The lowest BCUT2D eigenvalue weighted by Crippen LogP contribution is -2.30. The smallest absolute Gasteiger partial charge is 0.0565 e. The molecule has 0 amide bonds. The molecule has 2 aliphatic rings. The maximum Gasteiger partial charge on any atom is 0.0565 e. The predicted octanol–water partition coefficient (Wildman–Crippen LogP) is 5.89. The normalized spacial score (nSPS) is 25.5. The lowest BCUT2D eigenvalue weighted by atomic mass is 9.76. The summed E-state index contributed by atoms with van der Waals surface area (Å²) in [6, 6.07) is 13.6. The van der Waals surface area contributed by atoms with Gasteiger partial charge in [-0.2, -0.15) is 0 Å². The Morgan fingerprint density at radius 3 is 2.68 bits per heavy atom. The van der Waals surface area contributed by atoms with Crippen molar-refractivity contribution in [3.05, 3.63) is 75.3 Å². The van der Waals surface area contributed by atoms with E-state index in [0.717, 1.165) is 6.42 Å². The van der Waals surface area contributed by atoms with Crippen LogP contribution in [0.15, 0.2) is 53.0 Å². The van der Waals surface area contributed by atoms with E-state index in [2.05, 4.69) is 83.6 Å². The molecule has 1 aliphatic heterocycles. The number of rotatable bonds is 1. The van der Waals surface area contributed by atoms with Crippen LogP contribution in [0.3, 0.4) is 0 Å². The zero-order valence-corrected chi connectivity index (χ0v) is 14.5. The van der Waals surface area contributed by atoms with Crippen molar-refractivity contribution >= 4 is 21.6 Å². The third kappa shape index (κ3) is 2.04. The van der Waals surface area contributed by atoms with Crippen LogP contribution in [0.1, 0.15) is 40.6 Å². The highest BCUT2D eigenvalue weighted by atomic mass is 79.9. The van der Waals surface area contributed by atoms with E-state index >= 15 is 0 Å². The van der Waals surface area contributed by atoms with Crippen LogP contribution in [0, 0.1) is 19.8 Å². The molecule has 1 aliphatic carbocycles. The fraction of sp³-hybridized carbons (Fsp3) is 0.300. The SMILES string of the molecule is Cc1ccc2c(c1C)N[C@H](c1ccccc1Br)[C@H]1CC=C[C@H]21. The Morgan fingerprint density at radius 2 is 1.86 bits per heavy atom. The first-order valence-corrected chi connectivity index (χ1v) is 8.74. The van der Waals surface area contributed by atoms with Crippen LogP contribution in [0.2, 0.25) is 0 Å². The number of allylic oxidation sites excluding steroid dienone is 2. The molecular weight excluding hydrogens is 334 g/mol. The standard InChI is InChI=1S/C20H20BrN/c1-12-10-11-16-14-7-5-8-15(14)20(22-19(16)13(12)2)17-6-3-4-9-18(17)21/h3-7,9-11,14-15,20,22H,8H2,1-2H3/t14-,15-,20-/m0/s1. The highest BCUT2D eigenvalue weighted by Gasteiger charge is 2.38. The Balaban J connectivity index is 1.87. The summed E-state index contributed by atoms with van der Waals surface area (Å²) >= 11 is 3.74. The molecule has 0 aromatic heterocycles. The molecule has 0 bridgehead atoms. The molecule has 112 valence electrons. The van der Waals surface area contributed by atoms with Crippen LogP contribution in [-0.4, -0.2) is 0 Å².